The molecule has 0 fully saturated rings. The van der Waals surface area contributed by atoms with E-state index in [0.717, 1.165) is 5.56 Å². The molecule has 140 valence electrons. The van der Waals surface area contributed by atoms with Gasteiger partial charge in [0.1, 0.15) is 23.5 Å². The standard InChI is InChI=1S/C20H22N4O3/c1-13-4-6-14(7-5-13)19-23-15(12-27-19)11-22-20(21)24-17-10-16(25-2)8-9-18(17)26-3/h4-10,12H,11H2,1-3H3,(H3,21,22,24). The van der Waals surface area contributed by atoms with E-state index in [2.05, 4.69) is 15.3 Å². The van der Waals surface area contributed by atoms with Crippen LogP contribution in [0.1, 0.15) is 11.3 Å². The van der Waals surface area contributed by atoms with Crippen LogP contribution in [-0.4, -0.2) is 25.2 Å². The molecule has 0 spiro atoms. The minimum atomic E-state index is 0.237. The minimum Gasteiger partial charge on any atom is -0.497 e. The fourth-order valence-corrected chi connectivity index (χ4v) is 2.46. The van der Waals surface area contributed by atoms with Crippen molar-refractivity contribution in [3.63, 3.8) is 0 Å². The van der Waals surface area contributed by atoms with E-state index >= 15 is 0 Å². The van der Waals surface area contributed by atoms with Gasteiger partial charge in [-0.2, -0.15) is 0 Å². The molecule has 0 atom stereocenters. The van der Waals surface area contributed by atoms with Crippen molar-refractivity contribution in [1.82, 2.24) is 4.98 Å². The maximum Gasteiger partial charge on any atom is 0.226 e. The molecule has 27 heavy (non-hydrogen) atoms. The van der Waals surface area contributed by atoms with Crippen molar-refractivity contribution in [3.05, 3.63) is 60.0 Å². The van der Waals surface area contributed by atoms with E-state index in [4.69, 9.17) is 19.6 Å². The average Bonchev–Trinajstić information content (AvgIpc) is 3.16. The summed E-state index contributed by atoms with van der Waals surface area (Å²) in [6, 6.07) is 13.4. The van der Waals surface area contributed by atoms with Crippen molar-refractivity contribution in [3.8, 4) is 23.0 Å². The van der Waals surface area contributed by atoms with E-state index < -0.39 is 0 Å². The van der Waals surface area contributed by atoms with E-state index in [1.54, 1.807) is 38.7 Å². The van der Waals surface area contributed by atoms with Gasteiger partial charge in [-0.05, 0) is 31.2 Å². The Morgan fingerprint density at radius 2 is 1.93 bits per heavy atom. The zero-order chi connectivity index (χ0) is 19.2. The van der Waals surface area contributed by atoms with Crippen molar-refractivity contribution >= 4 is 11.6 Å². The average molecular weight is 366 g/mol. The number of nitrogens with zero attached hydrogens (tertiary/aromatic N) is 2. The summed E-state index contributed by atoms with van der Waals surface area (Å²) in [5.74, 6) is 2.12. The largest absolute Gasteiger partial charge is 0.497 e. The van der Waals surface area contributed by atoms with Crippen LogP contribution in [0.5, 0.6) is 11.5 Å². The van der Waals surface area contributed by atoms with Gasteiger partial charge in [0, 0.05) is 11.6 Å². The van der Waals surface area contributed by atoms with Gasteiger partial charge in [-0.3, -0.25) is 0 Å². The zero-order valence-corrected chi connectivity index (χ0v) is 15.5. The van der Waals surface area contributed by atoms with Gasteiger partial charge in [-0.1, -0.05) is 17.7 Å². The highest BCUT2D eigenvalue weighted by molar-refractivity contribution is 5.94. The van der Waals surface area contributed by atoms with Gasteiger partial charge in [0.2, 0.25) is 5.89 Å². The number of anilines is 1. The minimum absolute atomic E-state index is 0.237. The van der Waals surface area contributed by atoms with Crippen LogP contribution in [0.4, 0.5) is 5.69 Å². The highest BCUT2D eigenvalue weighted by atomic mass is 16.5. The number of oxazole rings is 1. The Labute approximate surface area is 157 Å². The first-order valence-electron chi connectivity index (χ1n) is 8.39. The molecule has 0 saturated carbocycles. The molecule has 0 radical (unpaired) electrons. The normalized spacial score (nSPS) is 11.3. The summed E-state index contributed by atoms with van der Waals surface area (Å²) < 4.78 is 16.1. The van der Waals surface area contributed by atoms with Crippen LogP contribution < -0.4 is 20.5 Å². The molecular formula is C20H22N4O3. The third-order valence-electron chi connectivity index (χ3n) is 3.93. The number of benzene rings is 2. The Balaban J connectivity index is 1.68. The third kappa shape index (κ3) is 4.58. The highest BCUT2D eigenvalue weighted by Gasteiger charge is 2.08. The molecule has 0 aliphatic rings. The maximum absolute atomic E-state index is 5.99. The smallest absolute Gasteiger partial charge is 0.226 e. The number of hydrogen-bond donors (Lipinski definition) is 2. The van der Waals surface area contributed by atoms with Crippen molar-refractivity contribution < 1.29 is 13.9 Å². The molecule has 2 aromatic carbocycles. The van der Waals surface area contributed by atoms with Crippen molar-refractivity contribution in [2.45, 2.75) is 13.5 Å². The highest BCUT2D eigenvalue weighted by Crippen LogP contribution is 2.28. The second-order valence-electron chi connectivity index (χ2n) is 5.90. The number of nitrogens with one attached hydrogen (secondary N) is 1. The van der Waals surface area contributed by atoms with E-state index in [1.807, 2.05) is 31.2 Å². The lowest BCUT2D eigenvalue weighted by Gasteiger charge is -2.11. The maximum atomic E-state index is 5.99. The lowest BCUT2D eigenvalue weighted by atomic mass is 10.1. The van der Waals surface area contributed by atoms with Gasteiger partial charge in [0.15, 0.2) is 5.96 Å². The topological polar surface area (TPSA) is 94.9 Å². The Morgan fingerprint density at radius 1 is 1.15 bits per heavy atom. The molecule has 0 bridgehead atoms. The van der Waals surface area contributed by atoms with E-state index in [-0.39, 0.29) is 5.96 Å². The number of aliphatic imine (C=N–C) groups is 1. The van der Waals surface area contributed by atoms with Gasteiger partial charge in [0.05, 0.1) is 26.5 Å². The first-order valence-corrected chi connectivity index (χ1v) is 8.39. The van der Waals surface area contributed by atoms with Crippen LogP contribution in [0.2, 0.25) is 0 Å². The van der Waals surface area contributed by atoms with Crippen molar-refractivity contribution in [1.29, 1.82) is 0 Å². The van der Waals surface area contributed by atoms with E-state index in [9.17, 15) is 0 Å². The van der Waals surface area contributed by atoms with Gasteiger partial charge in [0.25, 0.3) is 0 Å². The molecule has 0 amide bonds. The summed E-state index contributed by atoms with van der Waals surface area (Å²) in [7, 11) is 3.18. The first-order chi connectivity index (χ1) is 13.1. The Morgan fingerprint density at radius 3 is 2.63 bits per heavy atom. The summed E-state index contributed by atoms with van der Waals surface area (Å²) in [6.45, 7) is 2.33. The summed E-state index contributed by atoms with van der Waals surface area (Å²) in [5, 5.41) is 3.02. The molecule has 1 aromatic heterocycles. The molecule has 0 saturated heterocycles. The van der Waals surface area contributed by atoms with Crippen LogP contribution in [0.25, 0.3) is 11.5 Å². The van der Waals surface area contributed by atoms with Gasteiger partial charge in [-0.15, -0.1) is 0 Å². The van der Waals surface area contributed by atoms with Gasteiger partial charge >= 0.3 is 0 Å². The molecule has 1 heterocycles. The number of methoxy groups -OCH3 is 2. The number of rotatable bonds is 6. The molecule has 3 N–H and O–H groups in total. The lowest BCUT2D eigenvalue weighted by Crippen LogP contribution is -2.23. The molecule has 3 aromatic rings. The number of nitrogens with two attached hydrogens (primary N) is 1. The molecule has 0 aliphatic heterocycles. The van der Waals surface area contributed by atoms with Crippen molar-refractivity contribution in [2.75, 3.05) is 19.5 Å². The number of guanidine groups is 1. The van der Waals surface area contributed by atoms with Gasteiger partial charge in [-0.25, -0.2) is 9.98 Å². The quantitative estimate of drug-likeness (QED) is 0.511. The lowest BCUT2D eigenvalue weighted by molar-refractivity contribution is 0.405. The fourth-order valence-electron chi connectivity index (χ4n) is 2.46. The Bertz CT molecular complexity index is 933. The molecule has 3 rings (SSSR count). The van der Waals surface area contributed by atoms with Crippen LogP contribution in [0.3, 0.4) is 0 Å². The third-order valence-corrected chi connectivity index (χ3v) is 3.93. The summed E-state index contributed by atoms with van der Waals surface area (Å²) >= 11 is 0. The fraction of sp³-hybridized carbons (Fsp3) is 0.200. The number of aromatic nitrogens is 1. The van der Waals surface area contributed by atoms with E-state index in [0.29, 0.717) is 35.3 Å². The zero-order valence-electron chi connectivity index (χ0n) is 15.5. The van der Waals surface area contributed by atoms with Crippen LogP contribution in [0.15, 0.2) is 58.1 Å². The Hall–Kier alpha value is -3.48. The number of hydrogen-bond acceptors (Lipinski definition) is 5. The molecule has 0 unspecified atom stereocenters. The second-order valence-corrected chi connectivity index (χ2v) is 5.90. The summed E-state index contributed by atoms with van der Waals surface area (Å²) in [4.78, 5) is 8.75. The Kier molecular flexibility index (Phi) is 5.61. The second kappa shape index (κ2) is 8.27. The van der Waals surface area contributed by atoms with Crippen LogP contribution >= 0.6 is 0 Å². The SMILES string of the molecule is COc1ccc(OC)c(NC(N)=NCc2coc(-c3ccc(C)cc3)n2)c1. The molecular weight excluding hydrogens is 344 g/mol. The predicted molar refractivity (Wildman–Crippen MR) is 105 cm³/mol. The molecule has 0 aliphatic carbocycles. The number of ether oxygens (including phenoxy) is 2. The summed E-state index contributed by atoms with van der Waals surface area (Å²) in [5.41, 5.74) is 9.44. The first kappa shape index (κ1) is 18.3. The van der Waals surface area contributed by atoms with Crippen LogP contribution in [-0.2, 0) is 6.54 Å². The summed E-state index contributed by atoms with van der Waals surface area (Å²) in [6.07, 6.45) is 1.58. The number of aryl methyl sites for hydroxylation is 1. The van der Waals surface area contributed by atoms with E-state index in [1.165, 1.54) is 5.56 Å². The molecule has 7 nitrogen and oxygen atoms in total. The monoisotopic (exact) mass is 366 g/mol. The van der Waals surface area contributed by atoms with Gasteiger partial charge < -0.3 is 24.9 Å². The van der Waals surface area contributed by atoms with Crippen molar-refractivity contribution in [2.24, 2.45) is 10.7 Å². The molecule has 7 heteroatoms. The predicted octanol–water partition coefficient (Wildman–Crippen LogP) is 3.59. The van der Waals surface area contributed by atoms with Crippen LogP contribution in [0, 0.1) is 6.92 Å².